The van der Waals surface area contributed by atoms with Crippen LogP contribution in [0, 0.1) is 0 Å². The Morgan fingerprint density at radius 1 is 0.773 bits per heavy atom. The summed E-state index contributed by atoms with van der Waals surface area (Å²) in [5.41, 5.74) is 1.65. The molecule has 0 radical (unpaired) electrons. The number of rotatable bonds is 8. The van der Waals surface area contributed by atoms with E-state index in [1.54, 1.807) is 14.2 Å². The van der Waals surface area contributed by atoms with Crippen molar-refractivity contribution in [3.8, 4) is 11.5 Å². The molecule has 0 unspecified atom stereocenters. The molecule has 22 heavy (non-hydrogen) atoms. The Balaban J connectivity index is 1.86. The minimum atomic E-state index is -2.60. The van der Waals surface area contributed by atoms with Gasteiger partial charge in [0.1, 0.15) is 11.5 Å². The van der Waals surface area contributed by atoms with Crippen molar-refractivity contribution in [3.63, 3.8) is 0 Å². The summed E-state index contributed by atoms with van der Waals surface area (Å²) >= 11 is 0. The van der Waals surface area contributed by atoms with E-state index >= 15 is 0 Å². The highest BCUT2D eigenvalue weighted by molar-refractivity contribution is 7.33. The van der Waals surface area contributed by atoms with Gasteiger partial charge < -0.3 is 18.5 Å². The van der Waals surface area contributed by atoms with E-state index in [0.717, 1.165) is 11.1 Å². The van der Waals surface area contributed by atoms with Crippen LogP contribution in [-0.2, 0) is 26.8 Å². The molecular formula is C16H19O5P. The lowest BCUT2D eigenvalue weighted by molar-refractivity contribution is 0.209. The molecule has 0 spiro atoms. The van der Waals surface area contributed by atoms with Gasteiger partial charge in [0, 0.05) is 11.1 Å². The molecule has 0 saturated carbocycles. The second-order valence-corrected chi connectivity index (χ2v) is 5.53. The second kappa shape index (κ2) is 8.59. The third kappa shape index (κ3) is 4.60. The molecule has 5 nitrogen and oxygen atoms in total. The molecular weight excluding hydrogens is 303 g/mol. The molecule has 118 valence electrons. The first-order valence-corrected chi connectivity index (χ1v) is 8.00. The number of para-hydroxylation sites is 2. The summed E-state index contributed by atoms with van der Waals surface area (Å²) in [7, 11) is 0.572. The monoisotopic (exact) mass is 322 g/mol. The van der Waals surface area contributed by atoms with E-state index in [4.69, 9.17) is 18.5 Å². The molecule has 0 fully saturated rings. The Labute approximate surface area is 130 Å². The minimum absolute atomic E-state index is 0.174. The van der Waals surface area contributed by atoms with Crippen LogP contribution < -0.4 is 9.47 Å². The maximum Gasteiger partial charge on any atom is 0.319 e. The van der Waals surface area contributed by atoms with Crippen molar-refractivity contribution < 1.29 is 23.1 Å². The van der Waals surface area contributed by atoms with Gasteiger partial charge in [-0.25, -0.2) is 0 Å². The highest BCUT2D eigenvalue weighted by atomic mass is 31.1. The Kier molecular flexibility index (Phi) is 6.46. The molecule has 2 aromatic carbocycles. The first kappa shape index (κ1) is 16.6. The predicted octanol–water partition coefficient (Wildman–Crippen LogP) is 3.83. The fourth-order valence-corrected chi connectivity index (χ4v) is 2.59. The van der Waals surface area contributed by atoms with Crippen LogP contribution in [-0.4, -0.2) is 14.2 Å². The van der Waals surface area contributed by atoms with Gasteiger partial charge in [0.15, 0.2) is 0 Å². The zero-order valence-corrected chi connectivity index (χ0v) is 13.6. The quantitative estimate of drug-likeness (QED) is 0.691. The van der Waals surface area contributed by atoms with Gasteiger partial charge in [-0.3, -0.25) is 4.57 Å². The molecule has 0 aliphatic rings. The lowest BCUT2D eigenvalue weighted by Crippen LogP contribution is -1.95. The number of methoxy groups -OCH3 is 2. The normalized spacial score (nSPS) is 10.7. The third-order valence-corrected chi connectivity index (χ3v) is 3.84. The molecule has 0 aliphatic heterocycles. The lowest BCUT2D eigenvalue weighted by Gasteiger charge is -2.10. The zero-order chi connectivity index (χ0) is 15.8. The van der Waals surface area contributed by atoms with Gasteiger partial charge in [0.05, 0.1) is 27.4 Å². The van der Waals surface area contributed by atoms with Gasteiger partial charge in [-0.05, 0) is 12.1 Å². The Morgan fingerprint density at radius 3 is 1.59 bits per heavy atom. The Bertz CT molecular complexity index is 576. The van der Waals surface area contributed by atoms with Gasteiger partial charge in [-0.1, -0.05) is 36.4 Å². The molecule has 0 heterocycles. The van der Waals surface area contributed by atoms with Crippen molar-refractivity contribution in [2.75, 3.05) is 14.2 Å². The maximum atomic E-state index is 11.8. The second-order valence-electron chi connectivity index (χ2n) is 4.45. The van der Waals surface area contributed by atoms with Crippen LogP contribution in [0.4, 0.5) is 0 Å². The SMILES string of the molecule is COc1ccccc1CO[PH](=O)OCc1ccccc1OC. The smallest absolute Gasteiger partial charge is 0.319 e. The van der Waals surface area contributed by atoms with Crippen molar-refractivity contribution in [3.05, 3.63) is 59.7 Å². The third-order valence-electron chi connectivity index (χ3n) is 3.08. The molecule has 6 heteroatoms. The van der Waals surface area contributed by atoms with Gasteiger partial charge in [-0.2, -0.15) is 0 Å². The Hall–Kier alpha value is -1.81. The van der Waals surface area contributed by atoms with Gasteiger partial charge in [0.2, 0.25) is 0 Å². The molecule has 0 bridgehead atoms. The Morgan fingerprint density at radius 2 is 1.18 bits per heavy atom. The van der Waals surface area contributed by atoms with Crippen LogP contribution >= 0.6 is 8.25 Å². The van der Waals surface area contributed by atoms with Crippen molar-refractivity contribution >= 4 is 8.25 Å². The average molecular weight is 322 g/mol. The predicted molar refractivity (Wildman–Crippen MR) is 84.6 cm³/mol. The molecule has 0 N–H and O–H groups in total. The fourth-order valence-electron chi connectivity index (χ4n) is 1.96. The van der Waals surface area contributed by atoms with Crippen LogP contribution in [0.2, 0.25) is 0 Å². The highest BCUT2D eigenvalue weighted by Crippen LogP contribution is 2.31. The number of hydrogen-bond donors (Lipinski definition) is 0. The van der Waals surface area contributed by atoms with Crippen molar-refractivity contribution in [1.82, 2.24) is 0 Å². The van der Waals surface area contributed by atoms with Crippen molar-refractivity contribution in [2.45, 2.75) is 13.2 Å². The maximum absolute atomic E-state index is 11.8. The van der Waals surface area contributed by atoms with Crippen molar-refractivity contribution in [2.24, 2.45) is 0 Å². The van der Waals surface area contributed by atoms with E-state index in [0.29, 0.717) is 11.5 Å². The van der Waals surface area contributed by atoms with E-state index < -0.39 is 8.25 Å². The first-order chi connectivity index (χ1) is 10.7. The van der Waals surface area contributed by atoms with Crippen LogP contribution in [0.25, 0.3) is 0 Å². The van der Waals surface area contributed by atoms with Crippen LogP contribution in [0.15, 0.2) is 48.5 Å². The van der Waals surface area contributed by atoms with Gasteiger partial charge in [0.25, 0.3) is 0 Å². The standard InChI is InChI=1S/C16H19O5P/c1-18-15-9-5-3-7-13(15)11-20-22(17)21-12-14-8-4-6-10-16(14)19-2/h3-10,22H,11-12H2,1-2H3. The van der Waals surface area contributed by atoms with E-state index in [9.17, 15) is 4.57 Å². The summed E-state index contributed by atoms with van der Waals surface area (Å²) < 4.78 is 32.8. The molecule has 0 aliphatic carbocycles. The zero-order valence-electron chi connectivity index (χ0n) is 12.6. The summed E-state index contributed by atoms with van der Waals surface area (Å²) in [6, 6.07) is 14.8. The molecule has 0 saturated heterocycles. The van der Waals surface area contributed by atoms with E-state index in [-0.39, 0.29) is 13.2 Å². The minimum Gasteiger partial charge on any atom is -0.496 e. The number of benzene rings is 2. The average Bonchev–Trinajstić information content (AvgIpc) is 2.58. The highest BCUT2D eigenvalue weighted by Gasteiger charge is 2.07. The van der Waals surface area contributed by atoms with Crippen molar-refractivity contribution in [1.29, 1.82) is 0 Å². The summed E-state index contributed by atoms with van der Waals surface area (Å²) in [5.74, 6) is 1.39. The van der Waals surface area contributed by atoms with Crippen LogP contribution in [0.3, 0.4) is 0 Å². The molecule has 0 amide bonds. The summed E-state index contributed by atoms with van der Waals surface area (Å²) in [6.45, 7) is 0.349. The largest absolute Gasteiger partial charge is 0.496 e. The molecule has 2 rings (SSSR count). The first-order valence-electron chi connectivity index (χ1n) is 6.78. The van der Waals surface area contributed by atoms with Gasteiger partial charge in [-0.15, -0.1) is 0 Å². The lowest BCUT2D eigenvalue weighted by atomic mass is 10.2. The summed E-state index contributed by atoms with van der Waals surface area (Å²) in [5, 5.41) is 0. The summed E-state index contributed by atoms with van der Waals surface area (Å²) in [6.07, 6.45) is 0. The summed E-state index contributed by atoms with van der Waals surface area (Å²) in [4.78, 5) is 0. The van der Waals surface area contributed by atoms with Gasteiger partial charge >= 0.3 is 8.25 Å². The molecule has 0 aromatic heterocycles. The molecule has 0 atom stereocenters. The van der Waals surface area contributed by atoms with Crippen LogP contribution in [0.5, 0.6) is 11.5 Å². The topological polar surface area (TPSA) is 54.0 Å². The fraction of sp³-hybridized carbons (Fsp3) is 0.250. The molecule has 2 aromatic rings. The number of ether oxygens (including phenoxy) is 2. The van der Waals surface area contributed by atoms with E-state index in [1.165, 1.54) is 0 Å². The van der Waals surface area contributed by atoms with E-state index in [2.05, 4.69) is 0 Å². The van der Waals surface area contributed by atoms with Crippen LogP contribution in [0.1, 0.15) is 11.1 Å². The van der Waals surface area contributed by atoms with E-state index in [1.807, 2.05) is 48.5 Å². The number of hydrogen-bond acceptors (Lipinski definition) is 5.